The maximum absolute atomic E-state index is 10.7. The first kappa shape index (κ1) is 23.6. The Balaban J connectivity index is 1.55. The van der Waals surface area contributed by atoms with Crippen LogP contribution in [0, 0.1) is 6.92 Å². The van der Waals surface area contributed by atoms with Crippen molar-refractivity contribution in [2.24, 2.45) is 4.99 Å². The fraction of sp³-hybridized carbons (Fsp3) is 0.346. The Hall–Kier alpha value is -3.09. The molecule has 0 amide bonds. The van der Waals surface area contributed by atoms with Gasteiger partial charge in [-0.3, -0.25) is 0 Å². The number of nitrogens with one attached hydrogen (secondary N) is 2. The van der Waals surface area contributed by atoms with Crippen LogP contribution in [0.15, 0.2) is 76.1 Å². The van der Waals surface area contributed by atoms with E-state index in [1.165, 1.54) is 0 Å². The average Bonchev–Trinajstić information content (AvgIpc) is 3.24. The smallest absolute Gasteiger partial charge is 0.191 e. The highest BCUT2D eigenvalue weighted by Gasteiger charge is 2.27. The van der Waals surface area contributed by atoms with E-state index in [1.807, 2.05) is 44.2 Å². The van der Waals surface area contributed by atoms with Crippen LogP contribution in [-0.2, 0) is 30.1 Å². The van der Waals surface area contributed by atoms with Gasteiger partial charge in [-0.1, -0.05) is 54.6 Å². The van der Waals surface area contributed by atoms with Gasteiger partial charge < -0.3 is 24.9 Å². The highest BCUT2D eigenvalue weighted by molar-refractivity contribution is 5.79. The van der Waals surface area contributed by atoms with Gasteiger partial charge in [0.05, 0.1) is 26.3 Å². The normalized spacial score (nSPS) is 13.6. The summed E-state index contributed by atoms with van der Waals surface area (Å²) in [5, 5.41) is 17.2. The quantitative estimate of drug-likeness (QED) is 0.327. The van der Waals surface area contributed by atoms with E-state index in [4.69, 9.17) is 9.15 Å². The van der Waals surface area contributed by atoms with Crippen LogP contribution in [0.2, 0.25) is 0 Å². The van der Waals surface area contributed by atoms with Crippen molar-refractivity contribution in [2.75, 3.05) is 13.1 Å². The van der Waals surface area contributed by atoms with Crippen molar-refractivity contribution in [3.63, 3.8) is 0 Å². The third-order valence-electron chi connectivity index (χ3n) is 5.01. The summed E-state index contributed by atoms with van der Waals surface area (Å²) < 4.78 is 11.4. The van der Waals surface area contributed by atoms with Crippen LogP contribution in [-0.4, -0.2) is 24.2 Å². The minimum atomic E-state index is -1.14. The predicted molar refractivity (Wildman–Crippen MR) is 127 cm³/mol. The topological polar surface area (TPSA) is 79.0 Å². The molecule has 170 valence electrons. The molecule has 0 radical (unpaired) electrons. The molecule has 0 aliphatic carbocycles. The molecule has 1 aromatic heterocycles. The van der Waals surface area contributed by atoms with Crippen LogP contribution >= 0.6 is 0 Å². The van der Waals surface area contributed by atoms with Crippen LogP contribution in [0.3, 0.4) is 0 Å². The molecule has 6 heteroatoms. The molecule has 0 saturated heterocycles. The van der Waals surface area contributed by atoms with Crippen molar-refractivity contribution in [3.05, 3.63) is 94.9 Å². The number of guanidine groups is 1. The van der Waals surface area contributed by atoms with E-state index in [9.17, 15) is 5.11 Å². The monoisotopic (exact) mass is 435 g/mol. The van der Waals surface area contributed by atoms with Crippen molar-refractivity contribution in [3.8, 4) is 0 Å². The maximum Gasteiger partial charge on any atom is 0.191 e. The number of nitrogens with zero attached hydrogens (tertiary/aromatic N) is 1. The molecule has 2 aromatic carbocycles. The molecule has 1 unspecified atom stereocenters. The number of furan rings is 1. The molecule has 1 heterocycles. The van der Waals surface area contributed by atoms with Crippen molar-refractivity contribution in [2.45, 2.75) is 46.1 Å². The number of hydrogen-bond donors (Lipinski definition) is 3. The van der Waals surface area contributed by atoms with E-state index in [0.717, 1.165) is 29.0 Å². The molecule has 0 saturated carbocycles. The summed E-state index contributed by atoms with van der Waals surface area (Å²) in [6, 6.07) is 22.0. The van der Waals surface area contributed by atoms with Gasteiger partial charge in [-0.2, -0.15) is 0 Å². The second-order valence-corrected chi connectivity index (χ2v) is 8.03. The molecular weight excluding hydrogens is 402 g/mol. The van der Waals surface area contributed by atoms with Crippen LogP contribution in [0.25, 0.3) is 0 Å². The number of aliphatic hydroxyl groups is 1. The van der Waals surface area contributed by atoms with Crippen molar-refractivity contribution >= 4 is 5.96 Å². The lowest BCUT2D eigenvalue weighted by Crippen LogP contribution is -2.44. The predicted octanol–water partition coefficient (Wildman–Crippen LogP) is 4.27. The van der Waals surface area contributed by atoms with Crippen molar-refractivity contribution < 1.29 is 14.3 Å². The molecule has 0 fully saturated rings. The lowest BCUT2D eigenvalue weighted by atomic mass is 10.0. The third-order valence-corrected chi connectivity index (χ3v) is 5.01. The van der Waals surface area contributed by atoms with Gasteiger partial charge in [-0.25, -0.2) is 4.99 Å². The molecule has 0 aliphatic rings. The number of benzene rings is 2. The molecule has 3 rings (SSSR count). The summed E-state index contributed by atoms with van der Waals surface area (Å²) in [6.45, 7) is 8.25. The molecule has 3 aromatic rings. The summed E-state index contributed by atoms with van der Waals surface area (Å²) in [5.74, 6) is 1.94. The Bertz CT molecular complexity index is 996. The van der Waals surface area contributed by atoms with E-state index in [0.29, 0.717) is 31.5 Å². The Morgan fingerprint density at radius 3 is 2.41 bits per heavy atom. The molecule has 0 spiro atoms. The molecule has 6 nitrogen and oxygen atoms in total. The number of aryl methyl sites for hydroxylation is 1. The second-order valence-electron chi connectivity index (χ2n) is 8.03. The molecule has 32 heavy (non-hydrogen) atoms. The van der Waals surface area contributed by atoms with Crippen molar-refractivity contribution in [1.29, 1.82) is 0 Å². The number of ether oxygens (including phenoxy) is 1. The molecular formula is C26H33N3O3. The summed E-state index contributed by atoms with van der Waals surface area (Å²) in [5.41, 5.74) is 2.23. The fourth-order valence-electron chi connectivity index (χ4n) is 3.26. The van der Waals surface area contributed by atoms with E-state index in [1.54, 1.807) is 13.0 Å². The maximum atomic E-state index is 10.7. The van der Waals surface area contributed by atoms with Crippen LogP contribution < -0.4 is 10.6 Å². The first-order valence-electron chi connectivity index (χ1n) is 11.0. The Labute approximate surface area is 190 Å². The Kier molecular flexibility index (Phi) is 8.48. The van der Waals surface area contributed by atoms with Gasteiger partial charge in [-0.15, -0.1) is 0 Å². The molecule has 0 bridgehead atoms. The zero-order valence-corrected chi connectivity index (χ0v) is 19.1. The first-order valence-corrected chi connectivity index (χ1v) is 11.0. The van der Waals surface area contributed by atoms with Crippen LogP contribution in [0.1, 0.15) is 42.1 Å². The fourth-order valence-corrected chi connectivity index (χ4v) is 3.26. The van der Waals surface area contributed by atoms with Gasteiger partial charge in [0.25, 0.3) is 0 Å². The summed E-state index contributed by atoms with van der Waals surface area (Å²) >= 11 is 0. The first-order chi connectivity index (χ1) is 15.5. The highest BCUT2D eigenvalue weighted by atomic mass is 16.5. The lowest BCUT2D eigenvalue weighted by molar-refractivity contribution is 0.0378. The zero-order chi connectivity index (χ0) is 22.8. The van der Waals surface area contributed by atoms with E-state index in [-0.39, 0.29) is 6.54 Å². The molecule has 0 aliphatic heterocycles. The van der Waals surface area contributed by atoms with Gasteiger partial charge in [0.2, 0.25) is 0 Å². The Morgan fingerprint density at radius 2 is 1.69 bits per heavy atom. The van der Waals surface area contributed by atoms with E-state index >= 15 is 0 Å². The standard InChI is InChI=1S/C26H33N3O3/c1-4-27-25(29-19-26(3,30)24-14-13-20(2)32-24)28-16-22-11-8-12-23(15-22)18-31-17-21-9-6-5-7-10-21/h5-15,30H,4,16-19H2,1-3H3,(H2,27,28,29). The largest absolute Gasteiger partial charge is 0.463 e. The van der Waals surface area contributed by atoms with Gasteiger partial charge in [0, 0.05) is 6.54 Å². The number of hydrogen-bond acceptors (Lipinski definition) is 4. The van der Waals surface area contributed by atoms with E-state index in [2.05, 4.69) is 46.0 Å². The lowest BCUT2D eigenvalue weighted by Gasteiger charge is -2.22. The Morgan fingerprint density at radius 1 is 0.969 bits per heavy atom. The van der Waals surface area contributed by atoms with Gasteiger partial charge >= 0.3 is 0 Å². The second kappa shape index (κ2) is 11.5. The molecule has 3 N–H and O–H groups in total. The van der Waals surface area contributed by atoms with E-state index < -0.39 is 5.60 Å². The SMILES string of the molecule is CCNC(=NCc1cccc(COCc2ccccc2)c1)NCC(C)(O)c1ccc(C)o1. The minimum Gasteiger partial charge on any atom is -0.463 e. The third kappa shape index (κ3) is 7.25. The summed E-state index contributed by atoms with van der Waals surface area (Å²) in [4.78, 5) is 4.67. The number of aliphatic imine (C=N–C) groups is 1. The summed E-state index contributed by atoms with van der Waals surface area (Å²) in [6.07, 6.45) is 0. The van der Waals surface area contributed by atoms with Gasteiger partial charge in [-0.05, 0) is 49.6 Å². The summed E-state index contributed by atoms with van der Waals surface area (Å²) in [7, 11) is 0. The molecule has 1 atom stereocenters. The zero-order valence-electron chi connectivity index (χ0n) is 19.1. The minimum absolute atomic E-state index is 0.277. The number of rotatable bonds is 10. The highest BCUT2D eigenvalue weighted by Crippen LogP contribution is 2.21. The van der Waals surface area contributed by atoms with Crippen molar-refractivity contribution in [1.82, 2.24) is 10.6 Å². The van der Waals surface area contributed by atoms with Crippen LogP contribution in [0.5, 0.6) is 0 Å². The van der Waals surface area contributed by atoms with Gasteiger partial charge in [0.15, 0.2) is 5.96 Å². The van der Waals surface area contributed by atoms with Gasteiger partial charge in [0.1, 0.15) is 17.1 Å². The average molecular weight is 436 g/mol. The van der Waals surface area contributed by atoms with Crippen LogP contribution in [0.4, 0.5) is 0 Å².